The summed E-state index contributed by atoms with van der Waals surface area (Å²) in [5, 5.41) is 13.5. The van der Waals surface area contributed by atoms with Crippen LogP contribution in [-0.4, -0.2) is 17.2 Å². The Kier molecular flexibility index (Phi) is 5.52. The van der Waals surface area contributed by atoms with Gasteiger partial charge in [0.25, 0.3) is 0 Å². The molecule has 6 heteroatoms. The quantitative estimate of drug-likeness (QED) is 0.596. The highest BCUT2D eigenvalue weighted by Crippen LogP contribution is 2.19. The van der Waals surface area contributed by atoms with Gasteiger partial charge in [0.2, 0.25) is 5.91 Å². The van der Waals surface area contributed by atoms with Gasteiger partial charge >= 0.3 is 0 Å². The minimum Gasteiger partial charge on any atom is -0.507 e. The molecule has 2 aromatic rings. The minimum absolute atomic E-state index is 0.101. The first-order chi connectivity index (χ1) is 10.0. The Morgan fingerprint density at radius 3 is 2.52 bits per heavy atom. The van der Waals surface area contributed by atoms with Crippen molar-refractivity contribution in [1.82, 2.24) is 5.43 Å². The number of carbonyl (C=O) groups excluding carboxylic acids is 1. The largest absolute Gasteiger partial charge is 0.507 e. The molecule has 0 saturated carbocycles. The Bertz CT molecular complexity index is 670. The third-order valence-corrected chi connectivity index (χ3v) is 3.68. The van der Waals surface area contributed by atoms with Gasteiger partial charge in [-0.25, -0.2) is 5.43 Å². The van der Waals surface area contributed by atoms with E-state index in [2.05, 4.69) is 42.4 Å². The van der Waals surface area contributed by atoms with Crippen molar-refractivity contribution < 1.29 is 9.90 Å². The van der Waals surface area contributed by atoms with Gasteiger partial charge in [-0.2, -0.15) is 5.10 Å². The zero-order valence-electron chi connectivity index (χ0n) is 10.9. The number of hydrogen-bond donors (Lipinski definition) is 2. The number of phenolic OH excluding ortho intramolecular Hbond substituents is 1. The number of hydrazone groups is 1. The first kappa shape index (κ1) is 15.7. The average molecular weight is 412 g/mol. The molecule has 0 radical (unpaired) electrons. The summed E-state index contributed by atoms with van der Waals surface area (Å²) in [6.07, 6.45) is 1.65. The molecule has 0 fully saturated rings. The van der Waals surface area contributed by atoms with E-state index in [1.54, 1.807) is 18.2 Å². The maximum Gasteiger partial charge on any atom is 0.244 e. The predicted octanol–water partition coefficient (Wildman–Crippen LogP) is 3.61. The molecular weight excluding hydrogens is 400 g/mol. The van der Waals surface area contributed by atoms with Crippen LogP contribution in [0.25, 0.3) is 0 Å². The van der Waals surface area contributed by atoms with Gasteiger partial charge in [-0.15, -0.1) is 0 Å². The molecule has 0 bridgehead atoms. The van der Waals surface area contributed by atoms with Crippen LogP contribution in [0.3, 0.4) is 0 Å². The summed E-state index contributed by atoms with van der Waals surface area (Å²) in [5.41, 5.74) is 3.85. The normalized spacial score (nSPS) is 10.8. The first-order valence-electron chi connectivity index (χ1n) is 6.09. The number of nitrogens with zero attached hydrogens (tertiary/aromatic N) is 1. The second-order valence-corrected chi connectivity index (χ2v) is 6.13. The highest BCUT2D eigenvalue weighted by atomic mass is 79.9. The van der Waals surface area contributed by atoms with E-state index in [9.17, 15) is 9.90 Å². The van der Waals surface area contributed by atoms with E-state index in [-0.39, 0.29) is 18.1 Å². The lowest BCUT2D eigenvalue weighted by Gasteiger charge is -2.02. The number of nitrogens with one attached hydrogen (secondary N) is 1. The summed E-state index contributed by atoms with van der Waals surface area (Å²) < 4.78 is 1.79. The highest BCUT2D eigenvalue weighted by Gasteiger charge is 2.02. The van der Waals surface area contributed by atoms with Crippen LogP contribution in [0.1, 0.15) is 11.1 Å². The molecule has 108 valence electrons. The van der Waals surface area contributed by atoms with E-state index < -0.39 is 0 Å². The molecule has 0 unspecified atom stereocenters. The van der Waals surface area contributed by atoms with Crippen molar-refractivity contribution in [3.8, 4) is 5.75 Å². The molecule has 21 heavy (non-hydrogen) atoms. The molecule has 2 rings (SSSR count). The average Bonchev–Trinajstić information content (AvgIpc) is 2.45. The van der Waals surface area contributed by atoms with Crippen LogP contribution < -0.4 is 5.43 Å². The van der Waals surface area contributed by atoms with Crippen molar-refractivity contribution in [3.63, 3.8) is 0 Å². The monoisotopic (exact) mass is 410 g/mol. The summed E-state index contributed by atoms with van der Waals surface area (Å²) in [4.78, 5) is 11.7. The fourth-order valence-electron chi connectivity index (χ4n) is 1.63. The molecule has 0 heterocycles. The smallest absolute Gasteiger partial charge is 0.244 e. The number of carbonyl (C=O) groups is 1. The molecule has 0 aromatic heterocycles. The molecule has 0 atom stereocenters. The van der Waals surface area contributed by atoms with Gasteiger partial charge in [0.15, 0.2) is 0 Å². The van der Waals surface area contributed by atoms with Crippen LogP contribution in [0, 0.1) is 0 Å². The van der Waals surface area contributed by atoms with E-state index in [1.165, 1.54) is 6.21 Å². The maximum atomic E-state index is 11.7. The fourth-order valence-corrected chi connectivity index (χ4v) is 2.27. The van der Waals surface area contributed by atoms with Gasteiger partial charge in [-0.3, -0.25) is 4.79 Å². The molecule has 0 saturated heterocycles. The van der Waals surface area contributed by atoms with Crippen LogP contribution in [-0.2, 0) is 11.2 Å². The second kappa shape index (κ2) is 7.38. The zero-order chi connectivity index (χ0) is 15.2. The standard InChI is InChI=1S/C15H12Br2N2O2/c16-12-3-1-10(2-4-12)7-15(21)19-18-9-11-8-13(17)5-6-14(11)20/h1-6,8-9,20H,7H2,(H,19,21)/b18-9+. The zero-order valence-corrected chi connectivity index (χ0v) is 14.1. The number of aromatic hydroxyl groups is 1. The SMILES string of the molecule is O=C(Cc1ccc(Br)cc1)N/N=C/c1cc(Br)ccc1O. The number of rotatable bonds is 4. The molecule has 2 aromatic carbocycles. The van der Waals surface area contributed by atoms with Crippen molar-refractivity contribution in [3.05, 3.63) is 62.5 Å². The number of benzene rings is 2. The third kappa shape index (κ3) is 4.99. The lowest BCUT2D eigenvalue weighted by molar-refractivity contribution is -0.120. The number of amides is 1. The van der Waals surface area contributed by atoms with Crippen molar-refractivity contribution in [2.45, 2.75) is 6.42 Å². The van der Waals surface area contributed by atoms with Crippen molar-refractivity contribution in [2.75, 3.05) is 0 Å². The van der Waals surface area contributed by atoms with Gasteiger partial charge < -0.3 is 5.11 Å². The Morgan fingerprint density at radius 1 is 1.14 bits per heavy atom. The van der Waals surface area contributed by atoms with E-state index in [1.807, 2.05) is 24.3 Å². The van der Waals surface area contributed by atoms with E-state index in [0.717, 1.165) is 14.5 Å². The van der Waals surface area contributed by atoms with Gasteiger partial charge in [-0.05, 0) is 35.9 Å². The molecule has 0 aliphatic heterocycles. The second-order valence-electron chi connectivity index (χ2n) is 4.30. The number of halogens is 2. The van der Waals surface area contributed by atoms with Crippen molar-refractivity contribution >= 4 is 44.0 Å². The van der Waals surface area contributed by atoms with Crippen LogP contribution in [0.5, 0.6) is 5.75 Å². The highest BCUT2D eigenvalue weighted by molar-refractivity contribution is 9.10. The van der Waals surface area contributed by atoms with Gasteiger partial charge in [0.05, 0.1) is 12.6 Å². The molecule has 0 aliphatic rings. The third-order valence-electron chi connectivity index (χ3n) is 2.66. The number of phenols is 1. The van der Waals surface area contributed by atoms with Gasteiger partial charge in [0.1, 0.15) is 5.75 Å². The van der Waals surface area contributed by atoms with Crippen LogP contribution in [0.4, 0.5) is 0 Å². The van der Waals surface area contributed by atoms with Crippen molar-refractivity contribution in [1.29, 1.82) is 0 Å². The van der Waals surface area contributed by atoms with Gasteiger partial charge in [0, 0.05) is 14.5 Å². The summed E-state index contributed by atoms with van der Waals surface area (Å²) in [5.74, 6) is -0.118. The maximum absolute atomic E-state index is 11.7. The fraction of sp³-hybridized carbons (Fsp3) is 0.0667. The minimum atomic E-state index is -0.219. The molecule has 0 aliphatic carbocycles. The summed E-state index contributed by atoms with van der Waals surface area (Å²) in [7, 11) is 0. The van der Waals surface area contributed by atoms with E-state index in [4.69, 9.17) is 0 Å². The van der Waals surface area contributed by atoms with E-state index >= 15 is 0 Å². The topological polar surface area (TPSA) is 61.7 Å². The lowest BCUT2D eigenvalue weighted by atomic mass is 10.1. The molecular formula is C15H12Br2N2O2. The Labute approximate surface area is 139 Å². The van der Waals surface area contributed by atoms with Crippen LogP contribution in [0.2, 0.25) is 0 Å². The Hall–Kier alpha value is -1.66. The van der Waals surface area contributed by atoms with Crippen molar-refractivity contribution in [2.24, 2.45) is 5.10 Å². The molecule has 1 amide bonds. The predicted molar refractivity (Wildman–Crippen MR) is 89.4 cm³/mol. The summed E-state index contributed by atoms with van der Waals surface area (Å²) in [6, 6.07) is 12.5. The first-order valence-corrected chi connectivity index (χ1v) is 7.68. The Balaban J connectivity index is 1.93. The number of hydrogen-bond acceptors (Lipinski definition) is 3. The molecule has 0 spiro atoms. The van der Waals surface area contributed by atoms with Gasteiger partial charge in [-0.1, -0.05) is 44.0 Å². The van der Waals surface area contributed by atoms with E-state index in [0.29, 0.717) is 5.56 Å². The molecule has 4 nitrogen and oxygen atoms in total. The van der Waals surface area contributed by atoms with Crippen LogP contribution >= 0.6 is 31.9 Å². The lowest BCUT2D eigenvalue weighted by Crippen LogP contribution is -2.19. The summed E-state index contributed by atoms with van der Waals surface area (Å²) in [6.45, 7) is 0. The summed E-state index contributed by atoms with van der Waals surface area (Å²) >= 11 is 6.64. The van der Waals surface area contributed by atoms with Crippen LogP contribution in [0.15, 0.2) is 56.5 Å². The Morgan fingerprint density at radius 2 is 1.81 bits per heavy atom. The molecule has 2 N–H and O–H groups in total.